The molecule has 1 aliphatic rings. The fraction of sp³-hybridized carbons (Fsp3) is 0.273. The highest BCUT2D eigenvalue weighted by Gasteiger charge is 2.24. The van der Waals surface area contributed by atoms with Crippen LogP contribution in [0.15, 0.2) is 48.7 Å². The highest BCUT2D eigenvalue weighted by molar-refractivity contribution is 8.01. The van der Waals surface area contributed by atoms with Gasteiger partial charge in [0.15, 0.2) is 0 Å². The number of aryl methyl sites for hydroxylation is 1. The molecular weight excluding hydrogens is 406 g/mol. The summed E-state index contributed by atoms with van der Waals surface area (Å²) in [5.74, 6) is 0.194. The van der Waals surface area contributed by atoms with Gasteiger partial charge < -0.3 is 15.6 Å². The molecule has 3 N–H and O–H groups in total. The molecule has 1 aliphatic heterocycles. The van der Waals surface area contributed by atoms with Crippen molar-refractivity contribution in [2.24, 2.45) is 0 Å². The van der Waals surface area contributed by atoms with Gasteiger partial charge in [0.2, 0.25) is 11.8 Å². The van der Waals surface area contributed by atoms with E-state index in [0.29, 0.717) is 11.6 Å². The number of aromatic amines is 1. The monoisotopic (exact) mass is 427 g/mol. The maximum atomic E-state index is 12.4. The van der Waals surface area contributed by atoms with Crippen LogP contribution in [0.2, 0.25) is 5.02 Å². The Balaban J connectivity index is 1.25. The van der Waals surface area contributed by atoms with E-state index in [1.54, 1.807) is 0 Å². The van der Waals surface area contributed by atoms with E-state index in [0.717, 1.165) is 47.0 Å². The summed E-state index contributed by atoms with van der Waals surface area (Å²) in [6.45, 7) is 0.543. The van der Waals surface area contributed by atoms with Gasteiger partial charge in [-0.2, -0.15) is 0 Å². The number of para-hydroxylation sites is 1. The van der Waals surface area contributed by atoms with Gasteiger partial charge in [0.1, 0.15) is 0 Å². The van der Waals surface area contributed by atoms with E-state index in [1.165, 1.54) is 11.8 Å². The topological polar surface area (TPSA) is 74.0 Å². The number of H-pyrrole nitrogens is 1. The molecule has 7 heteroatoms. The molecular formula is C22H22ClN3O2S. The van der Waals surface area contributed by atoms with Crippen molar-refractivity contribution in [1.82, 2.24) is 10.3 Å². The number of carbonyl (C=O) groups excluding carboxylic acids is 2. The zero-order chi connectivity index (χ0) is 20.2. The van der Waals surface area contributed by atoms with Gasteiger partial charge in [-0.15, -0.1) is 11.8 Å². The Hall–Kier alpha value is -2.44. The highest BCUT2D eigenvalue weighted by atomic mass is 35.5. The smallest absolute Gasteiger partial charge is 0.237 e. The number of anilines is 1. The van der Waals surface area contributed by atoms with E-state index in [9.17, 15) is 9.59 Å². The number of aromatic nitrogens is 1. The lowest BCUT2D eigenvalue weighted by Gasteiger charge is -2.12. The van der Waals surface area contributed by atoms with Crippen LogP contribution in [0.5, 0.6) is 0 Å². The summed E-state index contributed by atoms with van der Waals surface area (Å²) in [6, 6.07) is 13.6. The van der Waals surface area contributed by atoms with Crippen molar-refractivity contribution in [1.29, 1.82) is 0 Å². The van der Waals surface area contributed by atoms with Crippen LogP contribution < -0.4 is 10.6 Å². The molecule has 0 saturated heterocycles. The van der Waals surface area contributed by atoms with Crippen molar-refractivity contribution in [3.05, 3.63) is 64.8 Å². The molecule has 0 radical (unpaired) electrons. The molecule has 2 heterocycles. The summed E-state index contributed by atoms with van der Waals surface area (Å²) >= 11 is 7.48. The molecule has 1 aromatic heterocycles. The number of fused-ring (bicyclic) bond motifs is 2. The van der Waals surface area contributed by atoms with Crippen molar-refractivity contribution >= 4 is 51.8 Å². The number of thioether (sulfide) groups is 1. The Morgan fingerprint density at radius 1 is 1.24 bits per heavy atom. The van der Waals surface area contributed by atoms with Crippen LogP contribution in [0.4, 0.5) is 5.69 Å². The lowest BCUT2D eigenvalue weighted by Crippen LogP contribution is -2.30. The first-order valence-corrected chi connectivity index (χ1v) is 11.1. The van der Waals surface area contributed by atoms with Crippen molar-refractivity contribution in [2.75, 3.05) is 17.6 Å². The largest absolute Gasteiger partial charge is 0.361 e. The number of halogens is 1. The molecule has 2 amide bonds. The Labute approximate surface area is 178 Å². The van der Waals surface area contributed by atoms with E-state index in [1.807, 2.05) is 48.7 Å². The third-order valence-electron chi connectivity index (χ3n) is 5.11. The van der Waals surface area contributed by atoms with Crippen LogP contribution in [0, 0.1) is 0 Å². The molecule has 1 atom stereocenters. The van der Waals surface area contributed by atoms with Gasteiger partial charge >= 0.3 is 0 Å². The first-order chi connectivity index (χ1) is 14.1. The van der Waals surface area contributed by atoms with Crippen LogP contribution in [0.1, 0.15) is 17.5 Å². The maximum absolute atomic E-state index is 12.4. The molecule has 2 aromatic carbocycles. The zero-order valence-electron chi connectivity index (χ0n) is 15.8. The fourth-order valence-electron chi connectivity index (χ4n) is 3.57. The Morgan fingerprint density at radius 3 is 3.00 bits per heavy atom. The standard InChI is InChI=1S/C22H22ClN3O2S/c23-16-6-7-19-17(11-16)15(12-25-19)9-10-24-21(27)13-29-20-8-5-14-3-1-2-4-18(14)26-22(20)28/h1-4,6-7,11-12,20,25H,5,8-10,13H2,(H,24,27)(H,26,28)/t20-/m1/s1. The van der Waals surface area contributed by atoms with Crippen LogP contribution in [-0.4, -0.2) is 34.3 Å². The molecule has 5 nitrogen and oxygen atoms in total. The summed E-state index contributed by atoms with van der Waals surface area (Å²) in [5, 5.41) is 7.48. The van der Waals surface area contributed by atoms with E-state index in [-0.39, 0.29) is 22.8 Å². The molecule has 0 aliphatic carbocycles. The van der Waals surface area contributed by atoms with Crippen molar-refractivity contribution in [3.63, 3.8) is 0 Å². The quantitative estimate of drug-likeness (QED) is 0.552. The fourth-order valence-corrected chi connectivity index (χ4v) is 4.69. The van der Waals surface area contributed by atoms with Crippen LogP contribution >= 0.6 is 23.4 Å². The molecule has 0 spiro atoms. The lowest BCUT2D eigenvalue weighted by molar-refractivity contribution is -0.118. The molecule has 150 valence electrons. The van der Waals surface area contributed by atoms with Crippen LogP contribution in [-0.2, 0) is 22.4 Å². The lowest BCUT2D eigenvalue weighted by atomic mass is 10.1. The highest BCUT2D eigenvalue weighted by Crippen LogP contribution is 2.27. The Kier molecular flexibility index (Phi) is 6.11. The molecule has 0 bridgehead atoms. The summed E-state index contributed by atoms with van der Waals surface area (Å²) < 4.78 is 0. The second kappa shape index (κ2) is 8.93. The van der Waals surface area contributed by atoms with E-state index in [4.69, 9.17) is 11.6 Å². The predicted octanol–water partition coefficient (Wildman–Crippen LogP) is 4.17. The van der Waals surface area contributed by atoms with Gasteiger partial charge in [-0.25, -0.2) is 0 Å². The second-order valence-electron chi connectivity index (χ2n) is 7.09. The number of amides is 2. The second-order valence-corrected chi connectivity index (χ2v) is 8.72. The molecule has 4 rings (SSSR count). The first-order valence-electron chi connectivity index (χ1n) is 9.63. The van der Waals surface area contributed by atoms with Crippen molar-refractivity contribution in [2.45, 2.75) is 24.5 Å². The number of rotatable bonds is 6. The van der Waals surface area contributed by atoms with Crippen molar-refractivity contribution in [3.8, 4) is 0 Å². The van der Waals surface area contributed by atoms with E-state index >= 15 is 0 Å². The summed E-state index contributed by atoms with van der Waals surface area (Å²) in [6.07, 6.45) is 4.24. The number of hydrogen-bond donors (Lipinski definition) is 3. The molecule has 0 unspecified atom stereocenters. The van der Waals surface area contributed by atoms with Crippen molar-refractivity contribution < 1.29 is 9.59 Å². The third kappa shape index (κ3) is 4.77. The van der Waals surface area contributed by atoms with Crippen LogP contribution in [0.3, 0.4) is 0 Å². The molecule has 0 saturated carbocycles. The van der Waals surface area contributed by atoms with Gasteiger partial charge in [-0.05, 0) is 54.7 Å². The molecule has 29 heavy (non-hydrogen) atoms. The minimum atomic E-state index is -0.219. The predicted molar refractivity (Wildman–Crippen MR) is 120 cm³/mol. The van der Waals surface area contributed by atoms with Gasteiger partial charge in [-0.3, -0.25) is 9.59 Å². The number of carbonyl (C=O) groups is 2. The third-order valence-corrected chi connectivity index (χ3v) is 6.62. The first kappa shape index (κ1) is 19.9. The average molecular weight is 428 g/mol. The number of benzene rings is 2. The van der Waals surface area contributed by atoms with E-state index in [2.05, 4.69) is 15.6 Å². The van der Waals surface area contributed by atoms with Gasteiger partial charge in [-0.1, -0.05) is 29.8 Å². The van der Waals surface area contributed by atoms with E-state index < -0.39 is 0 Å². The normalized spacial score (nSPS) is 16.2. The van der Waals surface area contributed by atoms with Gasteiger partial charge in [0.05, 0.1) is 11.0 Å². The van der Waals surface area contributed by atoms with Crippen LogP contribution in [0.25, 0.3) is 10.9 Å². The van der Waals surface area contributed by atoms with Gasteiger partial charge in [0, 0.05) is 34.4 Å². The number of hydrogen-bond acceptors (Lipinski definition) is 3. The zero-order valence-corrected chi connectivity index (χ0v) is 17.4. The molecule has 3 aromatic rings. The minimum Gasteiger partial charge on any atom is -0.361 e. The summed E-state index contributed by atoms with van der Waals surface area (Å²) in [4.78, 5) is 27.9. The Morgan fingerprint density at radius 2 is 2.10 bits per heavy atom. The number of nitrogens with one attached hydrogen (secondary N) is 3. The summed E-state index contributed by atoms with van der Waals surface area (Å²) in [7, 11) is 0. The average Bonchev–Trinajstić information content (AvgIpc) is 3.02. The maximum Gasteiger partial charge on any atom is 0.237 e. The minimum absolute atomic E-state index is 0.0246. The molecule has 0 fully saturated rings. The Bertz CT molecular complexity index is 1050. The SMILES string of the molecule is O=C(CS[C@@H]1CCc2ccccc2NC1=O)NCCc1c[nH]c2ccc(Cl)cc12. The summed E-state index contributed by atoms with van der Waals surface area (Å²) in [5.41, 5.74) is 4.18. The van der Waals surface area contributed by atoms with Gasteiger partial charge in [0.25, 0.3) is 0 Å².